The van der Waals surface area contributed by atoms with Crippen molar-refractivity contribution in [3.63, 3.8) is 0 Å². The first-order valence-electron chi connectivity index (χ1n) is 7.53. The first-order valence-corrected chi connectivity index (χ1v) is 7.90. The zero-order valence-corrected chi connectivity index (χ0v) is 14.0. The Morgan fingerprint density at radius 2 is 1.90 bits per heavy atom. The van der Waals surface area contributed by atoms with Crippen LogP contribution in [0.4, 0.5) is 0 Å². The van der Waals surface area contributed by atoms with E-state index in [2.05, 4.69) is 39.9 Å². The second-order valence-corrected chi connectivity index (χ2v) is 6.98. The standard InChI is InChI=1S/C17H26ClNO/c1-6-7-19-14-10-15(17(14,4)5)20-16-11(2)8-13(18)9-12(16)3/h8-9,14-15,19H,6-7,10H2,1-5H3. The predicted octanol–water partition coefficient (Wildman–Crippen LogP) is 4.50. The van der Waals surface area contributed by atoms with Gasteiger partial charge in [0.1, 0.15) is 11.9 Å². The van der Waals surface area contributed by atoms with Crippen LogP contribution in [-0.4, -0.2) is 18.7 Å². The minimum Gasteiger partial charge on any atom is -0.489 e. The zero-order chi connectivity index (χ0) is 14.9. The van der Waals surface area contributed by atoms with Gasteiger partial charge in [0.05, 0.1) is 0 Å². The van der Waals surface area contributed by atoms with E-state index in [1.807, 2.05) is 12.1 Å². The molecule has 1 aromatic rings. The van der Waals surface area contributed by atoms with E-state index in [-0.39, 0.29) is 11.5 Å². The van der Waals surface area contributed by atoms with E-state index in [1.54, 1.807) is 0 Å². The highest BCUT2D eigenvalue weighted by Crippen LogP contribution is 2.44. The minimum atomic E-state index is 0.174. The Kier molecular flexibility index (Phi) is 4.66. The number of ether oxygens (including phenoxy) is 1. The van der Waals surface area contributed by atoms with Crippen molar-refractivity contribution < 1.29 is 4.74 Å². The number of halogens is 1. The molecule has 1 aliphatic rings. The Hall–Kier alpha value is -0.730. The molecular weight excluding hydrogens is 270 g/mol. The van der Waals surface area contributed by atoms with Gasteiger partial charge in [-0.1, -0.05) is 32.4 Å². The van der Waals surface area contributed by atoms with Gasteiger partial charge in [0.15, 0.2) is 0 Å². The Morgan fingerprint density at radius 3 is 2.40 bits per heavy atom. The summed E-state index contributed by atoms with van der Waals surface area (Å²) in [6, 6.07) is 4.51. The summed E-state index contributed by atoms with van der Waals surface area (Å²) >= 11 is 6.08. The Labute approximate surface area is 127 Å². The summed E-state index contributed by atoms with van der Waals surface area (Å²) in [6.45, 7) is 12.0. The summed E-state index contributed by atoms with van der Waals surface area (Å²) in [5.41, 5.74) is 2.42. The van der Waals surface area contributed by atoms with Crippen LogP contribution in [0, 0.1) is 19.3 Å². The molecule has 3 heteroatoms. The fraction of sp³-hybridized carbons (Fsp3) is 0.647. The Bertz CT molecular complexity index is 461. The second-order valence-electron chi connectivity index (χ2n) is 6.54. The van der Waals surface area contributed by atoms with Gasteiger partial charge >= 0.3 is 0 Å². The molecule has 0 aromatic heterocycles. The van der Waals surface area contributed by atoms with Crippen LogP contribution in [0.3, 0.4) is 0 Å². The summed E-state index contributed by atoms with van der Waals surface area (Å²) < 4.78 is 6.29. The minimum absolute atomic E-state index is 0.174. The van der Waals surface area contributed by atoms with E-state index >= 15 is 0 Å². The third-order valence-electron chi connectivity index (χ3n) is 4.50. The summed E-state index contributed by atoms with van der Waals surface area (Å²) in [4.78, 5) is 0. The first kappa shape index (κ1) is 15.7. The molecule has 0 spiro atoms. The van der Waals surface area contributed by atoms with Crippen molar-refractivity contribution in [3.05, 3.63) is 28.3 Å². The number of rotatable bonds is 5. The van der Waals surface area contributed by atoms with E-state index in [0.29, 0.717) is 6.04 Å². The van der Waals surface area contributed by atoms with Crippen molar-refractivity contribution >= 4 is 11.6 Å². The smallest absolute Gasteiger partial charge is 0.125 e. The van der Waals surface area contributed by atoms with Gasteiger partial charge < -0.3 is 10.1 Å². The van der Waals surface area contributed by atoms with Crippen LogP contribution >= 0.6 is 11.6 Å². The monoisotopic (exact) mass is 295 g/mol. The SMILES string of the molecule is CCCNC1CC(Oc2c(C)cc(Cl)cc2C)C1(C)C. The maximum atomic E-state index is 6.29. The lowest BCUT2D eigenvalue weighted by atomic mass is 9.64. The highest BCUT2D eigenvalue weighted by molar-refractivity contribution is 6.30. The number of nitrogens with one attached hydrogen (secondary N) is 1. The lowest BCUT2D eigenvalue weighted by Gasteiger charge is -2.52. The summed E-state index contributed by atoms with van der Waals surface area (Å²) in [5.74, 6) is 1.00. The highest BCUT2D eigenvalue weighted by Gasteiger charge is 2.49. The van der Waals surface area contributed by atoms with Crippen molar-refractivity contribution in [2.75, 3.05) is 6.54 Å². The Balaban J connectivity index is 2.06. The second kappa shape index (κ2) is 5.95. The fourth-order valence-corrected chi connectivity index (χ4v) is 3.30. The molecule has 2 nitrogen and oxygen atoms in total. The molecule has 112 valence electrons. The molecule has 0 heterocycles. The number of aryl methyl sites for hydroxylation is 2. The molecule has 0 aliphatic heterocycles. The largest absolute Gasteiger partial charge is 0.489 e. The molecule has 0 radical (unpaired) electrons. The normalized spacial score (nSPS) is 24.3. The van der Waals surface area contributed by atoms with Gasteiger partial charge in [-0.05, 0) is 50.1 Å². The molecule has 2 unspecified atom stereocenters. The van der Waals surface area contributed by atoms with Crippen molar-refractivity contribution in [1.29, 1.82) is 0 Å². The Morgan fingerprint density at radius 1 is 1.30 bits per heavy atom. The maximum Gasteiger partial charge on any atom is 0.125 e. The van der Waals surface area contributed by atoms with Gasteiger partial charge in [-0.15, -0.1) is 0 Å². The first-order chi connectivity index (χ1) is 9.36. The quantitative estimate of drug-likeness (QED) is 0.863. The topological polar surface area (TPSA) is 21.3 Å². The van der Waals surface area contributed by atoms with Crippen LogP contribution in [0.25, 0.3) is 0 Å². The molecule has 1 N–H and O–H groups in total. The third kappa shape index (κ3) is 2.96. The maximum absolute atomic E-state index is 6.29. The van der Waals surface area contributed by atoms with E-state index in [4.69, 9.17) is 16.3 Å². The summed E-state index contributed by atoms with van der Waals surface area (Å²) in [7, 11) is 0. The molecule has 0 bridgehead atoms. The number of benzene rings is 1. The van der Waals surface area contributed by atoms with Crippen molar-refractivity contribution in [2.24, 2.45) is 5.41 Å². The predicted molar refractivity (Wildman–Crippen MR) is 85.8 cm³/mol. The average Bonchev–Trinajstić information content (AvgIpc) is 2.35. The fourth-order valence-electron chi connectivity index (χ4n) is 2.98. The average molecular weight is 296 g/mol. The highest BCUT2D eigenvalue weighted by atomic mass is 35.5. The van der Waals surface area contributed by atoms with Gasteiger partial charge in [-0.3, -0.25) is 0 Å². The van der Waals surface area contributed by atoms with Gasteiger partial charge in [-0.2, -0.15) is 0 Å². The molecule has 1 saturated carbocycles. The van der Waals surface area contributed by atoms with Gasteiger partial charge in [0.2, 0.25) is 0 Å². The van der Waals surface area contributed by atoms with Gasteiger partial charge in [0.25, 0.3) is 0 Å². The molecule has 0 amide bonds. The molecule has 0 saturated heterocycles. The summed E-state index contributed by atoms with van der Waals surface area (Å²) in [6.07, 6.45) is 2.53. The van der Waals surface area contributed by atoms with Crippen LogP contribution in [0.1, 0.15) is 44.7 Å². The molecular formula is C17H26ClNO. The zero-order valence-electron chi connectivity index (χ0n) is 13.2. The summed E-state index contributed by atoms with van der Waals surface area (Å²) in [5, 5.41) is 4.39. The molecule has 1 aromatic carbocycles. The van der Waals surface area contributed by atoms with Crippen LogP contribution < -0.4 is 10.1 Å². The van der Waals surface area contributed by atoms with Crippen molar-refractivity contribution in [2.45, 2.75) is 59.6 Å². The molecule has 1 aliphatic carbocycles. The third-order valence-corrected chi connectivity index (χ3v) is 4.72. The van der Waals surface area contributed by atoms with Crippen LogP contribution in [-0.2, 0) is 0 Å². The molecule has 20 heavy (non-hydrogen) atoms. The van der Waals surface area contributed by atoms with Gasteiger partial charge in [-0.25, -0.2) is 0 Å². The van der Waals surface area contributed by atoms with E-state index < -0.39 is 0 Å². The lowest BCUT2D eigenvalue weighted by molar-refractivity contribution is -0.0552. The van der Waals surface area contributed by atoms with Crippen LogP contribution in [0.15, 0.2) is 12.1 Å². The molecule has 2 atom stereocenters. The van der Waals surface area contributed by atoms with Crippen molar-refractivity contribution in [1.82, 2.24) is 5.32 Å². The number of hydrogen-bond acceptors (Lipinski definition) is 2. The van der Waals surface area contributed by atoms with E-state index in [1.165, 1.54) is 6.42 Å². The van der Waals surface area contributed by atoms with Gasteiger partial charge in [0, 0.05) is 22.9 Å². The van der Waals surface area contributed by atoms with Crippen LogP contribution in [0.5, 0.6) is 5.75 Å². The van der Waals surface area contributed by atoms with E-state index in [0.717, 1.165) is 34.9 Å². The van der Waals surface area contributed by atoms with Crippen molar-refractivity contribution in [3.8, 4) is 5.75 Å². The molecule has 2 rings (SSSR count). The van der Waals surface area contributed by atoms with Crippen LogP contribution in [0.2, 0.25) is 5.02 Å². The lowest BCUT2D eigenvalue weighted by Crippen LogP contribution is -2.62. The number of hydrogen-bond donors (Lipinski definition) is 1. The van der Waals surface area contributed by atoms with E-state index in [9.17, 15) is 0 Å². The molecule has 1 fully saturated rings.